The first-order chi connectivity index (χ1) is 8.49. The van der Waals surface area contributed by atoms with E-state index >= 15 is 0 Å². The van der Waals surface area contributed by atoms with Crippen LogP contribution in [-0.2, 0) is 0 Å². The summed E-state index contributed by atoms with van der Waals surface area (Å²) in [6.45, 7) is 7.26. The van der Waals surface area contributed by atoms with Crippen LogP contribution in [-0.4, -0.2) is 39.4 Å². The Morgan fingerprint density at radius 3 is 2.89 bits per heavy atom. The van der Waals surface area contributed by atoms with Crippen LogP contribution < -0.4 is 10.6 Å². The van der Waals surface area contributed by atoms with Crippen molar-refractivity contribution in [3.8, 4) is 0 Å². The Labute approximate surface area is 112 Å². The second kappa shape index (κ2) is 5.14. The van der Waals surface area contributed by atoms with Crippen LogP contribution in [0.3, 0.4) is 0 Å². The van der Waals surface area contributed by atoms with Gasteiger partial charge in [-0.15, -0.1) is 0 Å². The molecule has 1 aromatic rings. The topological polar surface area (TPSA) is 78.9 Å². The number of nitrogen functional groups attached to an aromatic ring is 1. The number of hydrogen-bond donors (Lipinski definition) is 2. The van der Waals surface area contributed by atoms with E-state index < -0.39 is 0 Å². The minimum Gasteiger partial charge on any atom is -0.382 e. The highest BCUT2D eigenvalue weighted by molar-refractivity contribution is 8.00. The molecule has 2 unspecified atom stereocenters. The van der Waals surface area contributed by atoms with Gasteiger partial charge in [-0.1, -0.05) is 6.92 Å². The molecule has 98 valence electrons. The third kappa shape index (κ3) is 2.58. The van der Waals surface area contributed by atoms with E-state index in [9.17, 15) is 0 Å². The SMILES string of the molecule is Cc1cc(C(=N)N)nc(N2CCSC(C)C2C)n1. The van der Waals surface area contributed by atoms with Crippen molar-refractivity contribution in [2.45, 2.75) is 32.1 Å². The third-order valence-corrected chi connectivity index (χ3v) is 4.60. The van der Waals surface area contributed by atoms with Crippen LogP contribution in [0.25, 0.3) is 0 Å². The molecular weight excluding hydrogens is 246 g/mol. The second-order valence-corrected chi connectivity index (χ2v) is 6.10. The Morgan fingerprint density at radius 2 is 2.22 bits per heavy atom. The van der Waals surface area contributed by atoms with Gasteiger partial charge in [0, 0.05) is 29.3 Å². The fraction of sp³-hybridized carbons (Fsp3) is 0.583. The summed E-state index contributed by atoms with van der Waals surface area (Å²) in [5.41, 5.74) is 6.87. The van der Waals surface area contributed by atoms with E-state index in [4.69, 9.17) is 11.1 Å². The molecule has 0 amide bonds. The summed E-state index contributed by atoms with van der Waals surface area (Å²) in [5, 5.41) is 8.06. The van der Waals surface area contributed by atoms with Gasteiger partial charge in [0.15, 0.2) is 0 Å². The number of hydrogen-bond acceptors (Lipinski definition) is 5. The lowest BCUT2D eigenvalue weighted by atomic mass is 10.2. The Morgan fingerprint density at radius 1 is 1.50 bits per heavy atom. The summed E-state index contributed by atoms with van der Waals surface area (Å²) in [6.07, 6.45) is 0. The van der Waals surface area contributed by atoms with Crippen LogP contribution in [0.15, 0.2) is 6.07 Å². The number of amidine groups is 1. The first-order valence-corrected chi connectivity index (χ1v) is 7.12. The van der Waals surface area contributed by atoms with Crippen LogP contribution in [0.4, 0.5) is 5.95 Å². The van der Waals surface area contributed by atoms with Crippen molar-refractivity contribution in [2.24, 2.45) is 5.73 Å². The lowest BCUT2D eigenvalue weighted by Gasteiger charge is -2.37. The number of aromatic nitrogens is 2. The maximum Gasteiger partial charge on any atom is 0.226 e. The summed E-state index contributed by atoms with van der Waals surface area (Å²) < 4.78 is 0. The minimum absolute atomic E-state index is 0.00571. The molecule has 2 rings (SSSR count). The predicted octanol–water partition coefficient (Wildman–Crippen LogP) is 1.40. The van der Waals surface area contributed by atoms with E-state index in [0.29, 0.717) is 22.9 Å². The average Bonchev–Trinajstić information content (AvgIpc) is 2.31. The van der Waals surface area contributed by atoms with Gasteiger partial charge in [-0.05, 0) is 19.9 Å². The Hall–Kier alpha value is -1.30. The Balaban J connectivity index is 2.35. The van der Waals surface area contributed by atoms with Crippen molar-refractivity contribution in [1.29, 1.82) is 5.41 Å². The number of anilines is 1. The normalized spacial score (nSPS) is 24.1. The molecule has 2 atom stereocenters. The van der Waals surface area contributed by atoms with E-state index in [1.807, 2.05) is 18.7 Å². The molecule has 0 radical (unpaired) electrons. The van der Waals surface area contributed by atoms with E-state index in [1.165, 1.54) is 0 Å². The molecule has 1 aliphatic rings. The predicted molar refractivity (Wildman–Crippen MR) is 76.5 cm³/mol. The molecule has 0 aliphatic carbocycles. The summed E-state index contributed by atoms with van der Waals surface area (Å²) in [4.78, 5) is 11.1. The van der Waals surface area contributed by atoms with Crippen molar-refractivity contribution < 1.29 is 0 Å². The number of nitrogens with two attached hydrogens (primary N) is 1. The standard InChI is InChI=1S/C12H19N5S/c1-7-6-10(11(13)14)16-12(15-7)17-4-5-18-9(3)8(17)2/h6,8-9H,4-5H2,1-3H3,(H3,13,14). The van der Waals surface area contributed by atoms with Crippen LogP contribution in [0.2, 0.25) is 0 Å². The van der Waals surface area contributed by atoms with Crippen molar-refractivity contribution >= 4 is 23.5 Å². The lowest BCUT2D eigenvalue weighted by Crippen LogP contribution is -2.45. The van der Waals surface area contributed by atoms with Gasteiger partial charge in [-0.2, -0.15) is 11.8 Å². The van der Waals surface area contributed by atoms with Gasteiger partial charge >= 0.3 is 0 Å². The van der Waals surface area contributed by atoms with E-state index in [0.717, 1.165) is 18.0 Å². The molecular formula is C12H19N5S. The van der Waals surface area contributed by atoms with Crippen LogP contribution in [0.1, 0.15) is 25.2 Å². The zero-order valence-electron chi connectivity index (χ0n) is 11.0. The van der Waals surface area contributed by atoms with Gasteiger partial charge in [-0.3, -0.25) is 5.41 Å². The molecule has 5 nitrogen and oxygen atoms in total. The molecule has 6 heteroatoms. The van der Waals surface area contributed by atoms with Crippen LogP contribution >= 0.6 is 11.8 Å². The van der Waals surface area contributed by atoms with Gasteiger partial charge < -0.3 is 10.6 Å². The van der Waals surface area contributed by atoms with E-state index in [1.54, 1.807) is 6.07 Å². The van der Waals surface area contributed by atoms with Crippen molar-refractivity contribution in [3.63, 3.8) is 0 Å². The molecule has 18 heavy (non-hydrogen) atoms. The fourth-order valence-electron chi connectivity index (χ4n) is 2.03. The zero-order valence-corrected chi connectivity index (χ0v) is 11.8. The third-order valence-electron chi connectivity index (χ3n) is 3.26. The molecule has 3 N–H and O–H groups in total. The monoisotopic (exact) mass is 265 g/mol. The second-order valence-electron chi connectivity index (χ2n) is 4.62. The number of thioether (sulfide) groups is 1. The zero-order chi connectivity index (χ0) is 13.3. The molecule has 1 fully saturated rings. The van der Waals surface area contributed by atoms with E-state index in [-0.39, 0.29) is 5.84 Å². The van der Waals surface area contributed by atoms with Crippen molar-refractivity contribution in [3.05, 3.63) is 17.5 Å². The Bertz CT molecular complexity index is 462. The summed E-state index contributed by atoms with van der Waals surface area (Å²) in [5.74, 6) is 1.77. The van der Waals surface area contributed by atoms with Crippen molar-refractivity contribution in [1.82, 2.24) is 9.97 Å². The maximum absolute atomic E-state index is 7.50. The molecule has 0 spiro atoms. The fourth-order valence-corrected chi connectivity index (χ4v) is 3.13. The average molecular weight is 265 g/mol. The van der Waals surface area contributed by atoms with Gasteiger partial charge in [0.2, 0.25) is 5.95 Å². The highest BCUT2D eigenvalue weighted by Gasteiger charge is 2.27. The first-order valence-electron chi connectivity index (χ1n) is 6.07. The molecule has 1 saturated heterocycles. The lowest BCUT2D eigenvalue weighted by molar-refractivity contribution is 0.611. The number of aryl methyl sites for hydroxylation is 1. The van der Waals surface area contributed by atoms with Gasteiger partial charge in [-0.25, -0.2) is 9.97 Å². The Kier molecular flexibility index (Phi) is 3.75. The number of rotatable bonds is 2. The largest absolute Gasteiger partial charge is 0.382 e. The molecule has 2 heterocycles. The molecule has 0 saturated carbocycles. The molecule has 0 bridgehead atoms. The maximum atomic E-state index is 7.50. The molecule has 1 aromatic heterocycles. The number of nitrogens with one attached hydrogen (secondary N) is 1. The van der Waals surface area contributed by atoms with Crippen molar-refractivity contribution in [2.75, 3.05) is 17.2 Å². The minimum atomic E-state index is -0.00571. The first kappa shape index (κ1) is 13.1. The number of nitrogens with zero attached hydrogens (tertiary/aromatic N) is 3. The van der Waals surface area contributed by atoms with Crippen LogP contribution in [0.5, 0.6) is 0 Å². The van der Waals surface area contributed by atoms with Gasteiger partial charge in [0.1, 0.15) is 11.5 Å². The summed E-state index contributed by atoms with van der Waals surface area (Å²) >= 11 is 1.98. The molecule has 0 aromatic carbocycles. The van der Waals surface area contributed by atoms with E-state index in [2.05, 4.69) is 28.7 Å². The smallest absolute Gasteiger partial charge is 0.226 e. The molecule has 1 aliphatic heterocycles. The highest BCUT2D eigenvalue weighted by Crippen LogP contribution is 2.27. The summed E-state index contributed by atoms with van der Waals surface area (Å²) in [6, 6.07) is 2.14. The quantitative estimate of drug-likeness (QED) is 0.624. The van der Waals surface area contributed by atoms with Gasteiger partial charge in [0.25, 0.3) is 0 Å². The highest BCUT2D eigenvalue weighted by atomic mass is 32.2. The van der Waals surface area contributed by atoms with Crippen LogP contribution in [0, 0.1) is 12.3 Å². The summed E-state index contributed by atoms with van der Waals surface area (Å²) in [7, 11) is 0. The van der Waals surface area contributed by atoms with Gasteiger partial charge in [0.05, 0.1) is 0 Å².